The standard InChI is InChI=1S/C17H35N5/c1-14-10-15(2)13-22(12-14)17(18-4)19-11-16(3)21-8-6-20(5)7-9-21/h14-16H,6-13H2,1-5H3,(H,18,19). The van der Waals surface area contributed by atoms with Crippen LogP contribution in [-0.4, -0.2) is 86.6 Å². The molecule has 128 valence electrons. The second-order valence-electron chi connectivity index (χ2n) is 7.47. The summed E-state index contributed by atoms with van der Waals surface area (Å²) in [7, 11) is 4.12. The number of likely N-dealkylation sites (N-methyl/N-ethyl adjacent to an activating group) is 1. The zero-order valence-electron chi connectivity index (χ0n) is 15.2. The SMILES string of the molecule is CN=C(NCC(C)N1CCN(C)CC1)N1CC(C)CC(C)C1. The lowest BCUT2D eigenvalue weighted by atomic mass is 9.92. The van der Waals surface area contributed by atoms with Gasteiger partial charge in [0.05, 0.1) is 0 Å². The van der Waals surface area contributed by atoms with Gasteiger partial charge in [-0.25, -0.2) is 0 Å². The third-order valence-electron chi connectivity index (χ3n) is 5.10. The lowest BCUT2D eigenvalue weighted by Gasteiger charge is -2.39. The number of hydrogen-bond acceptors (Lipinski definition) is 3. The van der Waals surface area contributed by atoms with Gasteiger partial charge in [-0.05, 0) is 32.2 Å². The Morgan fingerprint density at radius 2 is 1.73 bits per heavy atom. The molecule has 1 N–H and O–H groups in total. The third kappa shape index (κ3) is 4.85. The van der Waals surface area contributed by atoms with Gasteiger partial charge in [0.1, 0.15) is 0 Å². The number of aliphatic imine (C=N–C) groups is 1. The minimum absolute atomic E-state index is 0.560. The Balaban J connectivity index is 1.80. The number of hydrogen-bond donors (Lipinski definition) is 1. The highest BCUT2D eigenvalue weighted by atomic mass is 15.3. The quantitative estimate of drug-likeness (QED) is 0.627. The molecular formula is C17H35N5. The largest absolute Gasteiger partial charge is 0.355 e. The summed E-state index contributed by atoms with van der Waals surface area (Å²) >= 11 is 0. The van der Waals surface area contributed by atoms with Crippen molar-refractivity contribution in [3.05, 3.63) is 0 Å². The molecule has 0 saturated carbocycles. The van der Waals surface area contributed by atoms with E-state index in [0.29, 0.717) is 6.04 Å². The first-order valence-electron chi connectivity index (χ1n) is 8.87. The summed E-state index contributed by atoms with van der Waals surface area (Å²) in [5.41, 5.74) is 0. The molecule has 5 heteroatoms. The van der Waals surface area contributed by atoms with Gasteiger partial charge in [0.2, 0.25) is 0 Å². The van der Waals surface area contributed by atoms with Crippen LogP contribution in [0.15, 0.2) is 4.99 Å². The van der Waals surface area contributed by atoms with Gasteiger partial charge in [0.15, 0.2) is 5.96 Å². The summed E-state index contributed by atoms with van der Waals surface area (Å²) in [6, 6.07) is 0.560. The van der Waals surface area contributed by atoms with E-state index >= 15 is 0 Å². The predicted molar refractivity (Wildman–Crippen MR) is 94.4 cm³/mol. The summed E-state index contributed by atoms with van der Waals surface area (Å²) in [4.78, 5) is 11.9. The number of piperidine rings is 1. The van der Waals surface area contributed by atoms with Gasteiger partial charge < -0.3 is 15.1 Å². The lowest BCUT2D eigenvalue weighted by Crippen LogP contribution is -2.54. The third-order valence-corrected chi connectivity index (χ3v) is 5.10. The molecule has 0 aromatic heterocycles. The first-order valence-corrected chi connectivity index (χ1v) is 8.87. The monoisotopic (exact) mass is 309 g/mol. The fourth-order valence-electron chi connectivity index (χ4n) is 3.80. The van der Waals surface area contributed by atoms with E-state index in [1.807, 2.05) is 7.05 Å². The Bertz CT molecular complexity index is 352. The van der Waals surface area contributed by atoms with Crippen molar-refractivity contribution in [2.45, 2.75) is 33.2 Å². The molecule has 2 fully saturated rings. The molecule has 0 aromatic rings. The van der Waals surface area contributed by atoms with Crippen molar-refractivity contribution in [3.8, 4) is 0 Å². The molecule has 0 spiro atoms. The van der Waals surface area contributed by atoms with Crippen molar-refractivity contribution in [3.63, 3.8) is 0 Å². The highest BCUT2D eigenvalue weighted by Crippen LogP contribution is 2.20. The minimum atomic E-state index is 0.560. The Kier molecular flexibility index (Phi) is 6.50. The summed E-state index contributed by atoms with van der Waals surface area (Å²) in [6.07, 6.45) is 1.34. The Morgan fingerprint density at radius 1 is 1.14 bits per heavy atom. The molecule has 5 nitrogen and oxygen atoms in total. The molecule has 2 rings (SSSR count). The maximum absolute atomic E-state index is 4.51. The van der Waals surface area contributed by atoms with Gasteiger partial charge in [-0.3, -0.25) is 9.89 Å². The van der Waals surface area contributed by atoms with E-state index in [0.717, 1.165) is 37.4 Å². The second-order valence-corrected chi connectivity index (χ2v) is 7.47. The average molecular weight is 310 g/mol. The second kappa shape index (κ2) is 8.16. The zero-order chi connectivity index (χ0) is 16.1. The average Bonchev–Trinajstić information content (AvgIpc) is 2.47. The molecule has 0 bridgehead atoms. The maximum atomic E-state index is 4.51. The van der Waals surface area contributed by atoms with Crippen LogP contribution >= 0.6 is 0 Å². The summed E-state index contributed by atoms with van der Waals surface area (Å²) in [6.45, 7) is 15.0. The van der Waals surface area contributed by atoms with Crippen molar-refractivity contribution in [2.75, 3.05) is 59.9 Å². The molecular weight excluding hydrogens is 274 g/mol. The van der Waals surface area contributed by atoms with Crippen LogP contribution in [0.4, 0.5) is 0 Å². The molecule has 3 atom stereocenters. The van der Waals surface area contributed by atoms with Crippen LogP contribution in [0.5, 0.6) is 0 Å². The van der Waals surface area contributed by atoms with Gasteiger partial charge in [0, 0.05) is 58.9 Å². The summed E-state index contributed by atoms with van der Waals surface area (Å²) in [5.74, 6) is 2.61. The van der Waals surface area contributed by atoms with E-state index in [-0.39, 0.29) is 0 Å². The normalized spacial score (nSPS) is 30.4. The number of nitrogens with one attached hydrogen (secondary N) is 1. The van der Waals surface area contributed by atoms with Crippen LogP contribution in [0.25, 0.3) is 0 Å². The summed E-state index contributed by atoms with van der Waals surface area (Å²) < 4.78 is 0. The van der Waals surface area contributed by atoms with Crippen LogP contribution in [0.1, 0.15) is 27.2 Å². The Morgan fingerprint density at radius 3 is 2.27 bits per heavy atom. The van der Waals surface area contributed by atoms with E-state index in [9.17, 15) is 0 Å². The zero-order valence-corrected chi connectivity index (χ0v) is 15.2. The number of piperazine rings is 1. The molecule has 22 heavy (non-hydrogen) atoms. The van der Waals surface area contributed by atoms with Crippen LogP contribution in [0.3, 0.4) is 0 Å². The highest BCUT2D eigenvalue weighted by Gasteiger charge is 2.25. The fourth-order valence-corrected chi connectivity index (χ4v) is 3.80. The highest BCUT2D eigenvalue weighted by molar-refractivity contribution is 5.80. The number of rotatable bonds is 3. The van der Waals surface area contributed by atoms with Crippen molar-refractivity contribution in [1.29, 1.82) is 0 Å². The first kappa shape index (κ1) is 17.5. The Hall–Kier alpha value is -0.810. The molecule has 2 aliphatic rings. The van der Waals surface area contributed by atoms with Crippen LogP contribution in [0, 0.1) is 11.8 Å². The molecule has 0 aromatic carbocycles. The van der Waals surface area contributed by atoms with Gasteiger partial charge >= 0.3 is 0 Å². The van der Waals surface area contributed by atoms with E-state index < -0.39 is 0 Å². The molecule has 0 amide bonds. The van der Waals surface area contributed by atoms with Gasteiger partial charge in [-0.1, -0.05) is 13.8 Å². The number of nitrogens with zero attached hydrogens (tertiary/aromatic N) is 4. The van der Waals surface area contributed by atoms with Gasteiger partial charge in [0.25, 0.3) is 0 Å². The number of likely N-dealkylation sites (tertiary alicyclic amines) is 1. The van der Waals surface area contributed by atoms with Crippen molar-refractivity contribution < 1.29 is 0 Å². The fraction of sp³-hybridized carbons (Fsp3) is 0.941. The molecule has 3 unspecified atom stereocenters. The molecule has 2 saturated heterocycles. The minimum Gasteiger partial charge on any atom is -0.355 e. The van der Waals surface area contributed by atoms with Gasteiger partial charge in [-0.15, -0.1) is 0 Å². The van der Waals surface area contributed by atoms with Crippen molar-refractivity contribution >= 4 is 5.96 Å². The van der Waals surface area contributed by atoms with Crippen molar-refractivity contribution in [1.82, 2.24) is 20.0 Å². The Labute approximate surface area is 136 Å². The van der Waals surface area contributed by atoms with E-state index in [1.165, 1.54) is 32.6 Å². The van der Waals surface area contributed by atoms with E-state index in [4.69, 9.17) is 0 Å². The van der Waals surface area contributed by atoms with Crippen LogP contribution < -0.4 is 5.32 Å². The van der Waals surface area contributed by atoms with Crippen molar-refractivity contribution in [2.24, 2.45) is 16.8 Å². The molecule has 2 heterocycles. The predicted octanol–water partition coefficient (Wildman–Crippen LogP) is 1.18. The first-order chi connectivity index (χ1) is 10.5. The topological polar surface area (TPSA) is 34.1 Å². The molecule has 0 aliphatic carbocycles. The smallest absolute Gasteiger partial charge is 0.193 e. The van der Waals surface area contributed by atoms with Crippen LogP contribution in [-0.2, 0) is 0 Å². The van der Waals surface area contributed by atoms with E-state index in [2.05, 4.69) is 52.8 Å². The summed E-state index contributed by atoms with van der Waals surface area (Å²) in [5, 5.41) is 3.61. The van der Waals surface area contributed by atoms with Crippen LogP contribution in [0.2, 0.25) is 0 Å². The lowest BCUT2D eigenvalue weighted by molar-refractivity contribution is 0.119. The molecule has 2 aliphatic heterocycles. The van der Waals surface area contributed by atoms with Gasteiger partial charge in [-0.2, -0.15) is 0 Å². The number of guanidine groups is 1. The maximum Gasteiger partial charge on any atom is 0.193 e. The van der Waals surface area contributed by atoms with E-state index in [1.54, 1.807) is 0 Å². The molecule has 0 radical (unpaired) electrons.